The van der Waals surface area contributed by atoms with Crippen LogP contribution in [0.4, 0.5) is 33.3 Å². The van der Waals surface area contributed by atoms with E-state index in [1.807, 2.05) is 152 Å². The Morgan fingerprint density at radius 1 is 0.445 bits per heavy atom. The van der Waals surface area contributed by atoms with Crippen LogP contribution in [0.15, 0.2) is 209 Å². The summed E-state index contributed by atoms with van der Waals surface area (Å²) in [5, 5.41) is 28.4. The fourth-order valence-corrected chi connectivity index (χ4v) is 16.0. The number of aryl methyl sites for hydroxylation is 6. The first-order chi connectivity index (χ1) is 66.1. The van der Waals surface area contributed by atoms with E-state index in [-0.39, 0.29) is 82.7 Å². The molecule has 1 aliphatic carbocycles. The van der Waals surface area contributed by atoms with Crippen LogP contribution in [0.25, 0.3) is 111 Å². The van der Waals surface area contributed by atoms with Crippen LogP contribution in [0.5, 0.6) is 0 Å². The number of nitrogens with two attached hydrogens (primary N) is 4. The summed E-state index contributed by atoms with van der Waals surface area (Å²) in [6.07, 6.45) is 17.5. The molecule has 16 heterocycles. The normalized spacial score (nSPS) is 11.8. The van der Waals surface area contributed by atoms with Gasteiger partial charge in [0.2, 0.25) is 0 Å². The van der Waals surface area contributed by atoms with Crippen LogP contribution in [-0.4, -0.2) is 150 Å². The minimum atomic E-state index is -0.536. The molecule has 137 heavy (non-hydrogen) atoms. The number of hydrogen-bond acceptors (Lipinski definition) is 30. The summed E-state index contributed by atoms with van der Waals surface area (Å²) in [7, 11) is 1.65. The summed E-state index contributed by atoms with van der Waals surface area (Å²) in [6, 6.07) is 38.1. The van der Waals surface area contributed by atoms with E-state index in [0.29, 0.717) is 147 Å². The number of aromatic nitrogens is 28. The first-order valence-electron chi connectivity index (χ1n) is 43.3. The van der Waals surface area contributed by atoms with Gasteiger partial charge in [0, 0.05) is 54.9 Å². The average molecular weight is 1820 g/mol. The number of pyridine rings is 4. The Morgan fingerprint density at radius 3 is 1.31 bits per heavy atom. The Kier molecular flexibility index (Phi) is 24.0. The number of nitrogens with one attached hydrogen (secondary N) is 2. The minimum Gasteiger partial charge on any atom is -0.383 e. The lowest BCUT2D eigenvalue weighted by Crippen LogP contribution is -2.30. The average Bonchev–Trinajstić information content (AvgIpc) is 1.75. The third kappa shape index (κ3) is 17.4. The van der Waals surface area contributed by atoms with Crippen LogP contribution in [0.1, 0.15) is 114 Å². The summed E-state index contributed by atoms with van der Waals surface area (Å²) in [6.45, 7) is 19.6. The number of anilines is 5. The number of para-hydroxylation sites is 4. The second kappa shape index (κ2) is 36.8. The van der Waals surface area contributed by atoms with Gasteiger partial charge in [0.1, 0.15) is 125 Å². The molecule has 21 rings (SSSR count). The monoisotopic (exact) mass is 1820 g/mol. The highest BCUT2D eigenvalue weighted by Gasteiger charge is 2.29. The molecular weight excluding hydrogens is 1740 g/mol. The van der Waals surface area contributed by atoms with Crippen molar-refractivity contribution in [2.24, 2.45) is 11.3 Å². The number of fused-ring (bicyclic) bond motifs is 7. The molecule has 0 atom stereocenters. The van der Waals surface area contributed by atoms with Gasteiger partial charge in [-0.05, 0) is 188 Å². The van der Waals surface area contributed by atoms with Crippen molar-refractivity contribution in [3.05, 3.63) is 311 Å². The van der Waals surface area contributed by atoms with Gasteiger partial charge in [-0.15, -0.1) is 0 Å². The van der Waals surface area contributed by atoms with Crippen LogP contribution in [0.2, 0.25) is 0 Å². The summed E-state index contributed by atoms with van der Waals surface area (Å²) >= 11 is 0. The van der Waals surface area contributed by atoms with Crippen molar-refractivity contribution in [3.8, 4) is 57.7 Å². The maximum atomic E-state index is 14.7. The lowest BCUT2D eigenvalue weighted by molar-refractivity contribution is 0.570. The molecule has 1 fully saturated rings. The molecule has 20 aromatic rings. The lowest BCUT2D eigenvalue weighted by Gasteiger charge is -2.18. The SMILES string of the molecule is CNc1c(C(C)=N)nc(Cn2nc(C#CC3CC3)c3c(N)ncnc32)n(-c2ccccc2C)c1=O.Cc1ccccc1-n1c(Cn2nc(-c3cccnc3)c3c(N)ncnc32)nc2nccc(C)c2c1=O.Cc1ccccc1-n1c(Cn2nc(C#CC(C)(C)C)c3c(N)ncnc32)nc2nccc(C)c2c1=O.Cc1ccnc2nc(Cn3cnc4c(N)ncnc43)n(-c3ccccc3F)c(=O)c12. The summed E-state index contributed by atoms with van der Waals surface area (Å²) in [5.41, 5.74) is 37.3. The van der Waals surface area contributed by atoms with Crippen LogP contribution < -0.4 is 50.5 Å². The van der Waals surface area contributed by atoms with Crippen LogP contribution >= 0.6 is 0 Å². The number of halogens is 1. The molecule has 10 N–H and O–H groups in total. The van der Waals surface area contributed by atoms with Gasteiger partial charge in [0.05, 0.1) is 73.7 Å². The van der Waals surface area contributed by atoms with Gasteiger partial charge >= 0.3 is 0 Å². The van der Waals surface area contributed by atoms with Crippen molar-refractivity contribution in [1.29, 1.82) is 5.41 Å². The highest BCUT2D eigenvalue weighted by Crippen LogP contribution is 2.34. The third-order valence-corrected chi connectivity index (χ3v) is 22.8. The van der Waals surface area contributed by atoms with Gasteiger partial charge in [-0.1, -0.05) is 78.6 Å². The highest BCUT2D eigenvalue weighted by atomic mass is 19.1. The maximum Gasteiger partial charge on any atom is 0.282 e. The molecular formula is C98H87FN34O4. The Labute approximate surface area is 778 Å². The van der Waals surface area contributed by atoms with E-state index in [2.05, 4.69) is 104 Å². The second-order valence-electron chi connectivity index (χ2n) is 33.5. The molecule has 0 radical (unpaired) electrons. The Balaban J connectivity index is 0.000000122. The zero-order chi connectivity index (χ0) is 95.9. The Bertz CT molecular complexity index is 8680. The van der Waals surface area contributed by atoms with E-state index in [1.54, 1.807) is 102 Å². The van der Waals surface area contributed by atoms with Crippen molar-refractivity contribution in [2.75, 3.05) is 35.3 Å². The van der Waals surface area contributed by atoms with Crippen molar-refractivity contribution in [1.82, 2.24) is 137 Å². The van der Waals surface area contributed by atoms with E-state index in [4.69, 9.17) is 53.5 Å². The third-order valence-electron chi connectivity index (χ3n) is 22.8. The Hall–Kier alpha value is -18.3. The summed E-state index contributed by atoms with van der Waals surface area (Å²) in [5.74, 6) is 15.3. The quantitative estimate of drug-likeness (QED) is 0.0410. The van der Waals surface area contributed by atoms with Gasteiger partial charge in [0.25, 0.3) is 22.2 Å². The van der Waals surface area contributed by atoms with Gasteiger partial charge in [-0.3, -0.25) is 42.4 Å². The molecule has 16 aromatic heterocycles. The second-order valence-corrected chi connectivity index (χ2v) is 33.5. The molecule has 0 amide bonds. The molecule has 39 heteroatoms. The first-order valence-corrected chi connectivity index (χ1v) is 43.3. The first kappa shape index (κ1) is 89.3. The predicted octanol–water partition coefficient (Wildman–Crippen LogP) is 11.3. The largest absolute Gasteiger partial charge is 0.383 e. The van der Waals surface area contributed by atoms with Crippen molar-refractivity contribution in [3.63, 3.8) is 0 Å². The van der Waals surface area contributed by atoms with Gasteiger partial charge in [-0.2, -0.15) is 15.3 Å². The van der Waals surface area contributed by atoms with Gasteiger partial charge < -0.3 is 38.2 Å². The van der Waals surface area contributed by atoms with E-state index in [0.717, 1.165) is 57.6 Å². The zero-order valence-electron chi connectivity index (χ0n) is 76.1. The van der Waals surface area contributed by atoms with Gasteiger partial charge in [-0.25, -0.2) is 98.2 Å². The van der Waals surface area contributed by atoms with E-state index in [9.17, 15) is 23.6 Å². The van der Waals surface area contributed by atoms with Crippen molar-refractivity contribution >= 4 is 112 Å². The van der Waals surface area contributed by atoms with E-state index < -0.39 is 11.4 Å². The smallest absolute Gasteiger partial charge is 0.282 e. The lowest BCUT2D eigenvalue weighted by atomic mass is 9.98. The molecule has 0 saturated heterocycles. The number of benzene rings is 4. The van der Waals surface area contributed by atoms with Crippen LogP contribution in [0.3, 0.4) is 0 Å². The van der Waals surface area contributed by atoms with E-state index in [1.165, 1.54) is 48.3 Å². The minimum absolute atomic E-state index is 0.0993. The fraction of sp³-hybridized carbons (Fsp3) is 0.194. The summed E-state index contributed by atoms with van der Waals surface area (Å²) < 4.78 is 27.4. The number of imidazole rings is 1. The molecule has 1 saturated carbocycles. The number of hydrogen-bond donors (Lipinski definition) is 6. The van der Waals surface area contributed by atoms with Crippen LogP contribution in [0, 0.1) is 87.8 Å². The molecule has 0 aliphatic heterocycles. The summed E-state index contributed by atoms with van der Waals surface area (Å²) in [4.78, 5) is 129. The molecule has 4 aromatic carbocycles. The molecule has 0 unspecified atom stereocenters. The fourth-order valence-electron chi connectivity index (χ4n) is 16.0. The molecule has 680 valence electrons. The molecule has 0 bridgehead atoms. The highest BCUT2D eigenvalue weighted by molar-refractivity contribution is 6.00. The molecule has 0 spiro atoms. The predicted molar refractivity (Wildman–Crippen MR) is 520 cm³/mol. The van der Waals surface area contributed by atoms with Crippen molar-refractivity contribution in [2.45, 2.75) is 108 Å². The number of nitrogen functional groups attached to an aromatic ring is 4. The topological polar surface area (TPSA) is 505 Å². The standard InChI is InChI=1S/C27H26N8O.C26H21N9O.C25H25N9O.C20H15FN8O/c1-16-8-6-7-9-19(16)35-20(32-24-21(26(35)36)17(2)11-13-29-24)14-34-25-22(23(28)30-15-31-25)18(33-34)10-12-27(3,4)5;1-15-6-3-4-8-18(15)35-19(32-24-20(26(35)36)16(2)9-11-29-24)13-34-25-21(23(27)30-14-31-25)22(33-34)17-7-5-10-28-12-17;1-14-6-4-5-7-18(14)34-19(31-21(15(2)26)22(28-3)25(34)35)12-33-24-20(23(27)29-13-30-24)17(32-33)11-10-16-8-9-16;1-11-6-7-23-18-15(11)20(30)29(13-5-3-2-4-12(13)21)14(27-18)8-28-10-26-16-17(22)24-9-25-19(16)28/h6-9,11,13,15H,14H2,1-5H3,(H2,28,30,31);3-12,14H,13H2,1-2H3,(H2,27,30,31);4-7,13,16,26,28H,8-9,12H2,1-3H3,(H2,27,29,30);2-7,9-10H,8H2,1H3,(H2,22,24,25). The van der Waals surface area contributed by atoms with Crippen LogP contribution in [-0.2, 0) is 26.2 Å². The molecule has 38 nitrogen and oxygen atoms in total. The number of rotatable bonds is 15. The Morgan fingerprint density at radius 2 is 0.861 bits per heavy atom. The van der Waals surface area contributed by atoms with Crippen molar-refractivity contribution < 1.29 is 4.39 Å². The van der Waals surface area contributed by atoms with E-state index >= 15 is 0 Å². The number of nitrogens with zero attached hydrogens (tertiary/aromatic N) is 28. The van der Waals surface area contributed by atoms with Gasteiger partial charge in [0.15, 0.2) is 45.3 Å². The molecule has 1 aliphatic rings. The zero-order valence-corrected chi connectivity index (χ0v) is 76.1. The maximum absolute atomic E-state index is 14.7.